The van der Waals surface area contributed by atoms with Crippen molar-refractivity contribution in [2.45, 2.75) is 99.1 Å². The van der Waals surface area contributed by atoms with E-state index in [1.165, 1.54) is 38.0 Å². The Hall–Kier alpha value is 1.16. The van der Waals surface area contributed by atoms with E-state index in [-0.39, 0.29) is 23.1 Å². The van der Waals surface area contributed by atoms with E-state index < -0.39 is 16.3 Å². The average Bonchev–Trinajstić information content (AvgIpc) is 2.28. The van der Waals surface area contributed by atoms with Gasteiger partial charge in [0, 0.05) is 0 Å². The summed E-state index contributed by atoms with van der Waals surface area (Å²) in [6, 6.07) is 2.55. The maximum atomic E-state index is 4.65. The Morgan fingerprint density at radius 1 is 0.783 bits per heavy atom. The van der Waals surface area contributed by atoms with Crippen LogP contribution in [0.2, 0.25) is 39.3 Å². The number of hydrogen-bond donors (Lipinski definition) is 0. The third kappa shape index (κ3) is 35.2. The molecule has 0 fully saturated rings. The van der Waals surface area contributed by atoms with Crippen molar-refractivity contribution in [2.75, 3.05) is 6.54 Å². The molecule has 0 N–H and O–H groups in total. The van der Waals surface area contributed by atoms with Gasteiger partial charge in [0.25, 0.3) is 0 Å². The second-order valence-electron chi connectivity index (χ2n) is 9.03. The first-order valence-corrected chi connectivity index (χ1v) is 16.0. The summed E-state index contributed by atoms with van der Waals surface area (Å²) in [5.74, 6) is 3.09. The Balaban J connectivity index is -0.000000333. The molecule has 0 aromatic carbocycles. The van der Waals surface area contributed by atoms with E-state index in [0.29, 0.717) is 0 Å². The minimum absolute atomic E-state index is 0. The smallest absolute Gasteiger partial charge is 0.665 e. The maximum absolute atomic E-state index is 4.65. The van der Waals surface area contributed by atoms with Gasteiger partial charge in [-0.05, 0) is 0 Å². The third-order valence-corrected chi connectivity index (χ3v) is 5.74. The Morgan fingerprint density at radius 2 is 1.22 bits per heavy atom. The zero-order valence-electron chi connectivity index (χ0n) is 18.0. The van der Waals surface area contributed by atoms with Crippen molar-refractivity contribution >= 4 is 39.4 Å². The van der Waals surface area contributed by atoms with Crippen LogP contribution in [0.3, 0.4) is 0 Å². The van der Waals surface area contributed by atoms with Gasteiger partial charge in [-0.25, -0.2) is 0 Å². The summed E-state index contributed by atoms with van der Waals surface area (Å²) in [5, 5.41) is 0. The van der Waals surface area contributed by atoms with Crippen LogP contribution >= 0.6 is 0 Å². The Labute approximate surface area is 167 Å². The van der Waals surface area contributed by atoms with Crippen LogP contribution in [0.25, 0.3) is 4.98 Å². The van der Waals surface area contributed by atoms with E-state index in [0.717, 1.165) is 6.54 Å². The zero-order chi connectivity index (χ0) is 17.8. The molecule has 0 bridgehead atoms. The van der Waals surface area contributed by atoms with Crippen molar-refractivity contribution in [3.63, 3.8) is 0 Å². The summed E-state index contributed by atoms with van der Waals surface area (Å²) < 4.78 is 0. The van der Waals surface area contributed by atoms with E-state index in [4.69, 9.17) is 0 Å². The first-order valence-electron chi connectivity index (χ1n) is 8.94. The molecule has 0 saturated carbocycles. The van der Waals surface area contributed by atoms with Crippen molar-refractivity contribution < 1.29 is 0 Å². The van der Waals surface area contributed by atoms with E-state index >= 15 is 0 Å². The van der Waals surface area contributed by atoms with Crippen LogP contribution in [0, 0.1) is 17.9 Å². The van der Waals surface area contributed by atoms with Crippen LogP contribution in [-0.2, 0) is 0 Å². The van der Waals surface area contributed by atoms with Crippen LogP contribution < -0.4 is 0 Å². The molecule has 0 aliphatic carbocycles. The number of hydrogen-bond acceptors (Lipinski definition) is 0. The molecule has 0 unspecified atom stereocenters. The summed E-state index contributed by atoms with van der Waals surface area (Å²) in [6.45, 7) is 23.9. The fourth-order valence-electron chi connectivity index (χ4n) is 1.84. The van der Waals surface area contributed by atoms with E-state index in [1.54, 1.807) is 5.92 Å². The van der Waals surface area contributed by atoms with Crippen LogP contribution in [0.4, 0.5) is 0 Å². The topological polar surface area (TPSA) is 14.1 Å². The molecule has 4 heteroatoms. The van der Waals surface area contributed by atoms with Crippen molar-refractivity contribution in [3.05, 3.63) is 22.9 Å². The van der Waals surface area contributed by atoms with Gasteiger partial charge in [-0.2, -0.15) is 53.5 Å². The molecule has 0 aromatic rings. The molecule has 0 aliphatic rings. The Kier molecular flexibility index (Phi) is 19.4. The Bertz CT molecular complexity index is 217. The minimum atomic E-state index is -1.11. The molecule has 0 spiro atoms. The Morgan fingerprint density at radius 3 is 1.57 bits per heavy atom. The second-order valence-corrected chi connectivity index (χ2v) is 18.8. The predicted octanol–water partition coefficient (Wildman–Crippen LogP) is 7.06. The first-order chi connectivity index (χ1) is 9.83. The minimum Gasteiger partial charge on any atom is -0.665 e. The molecule has 0 rings (SSSR count). The molecular formula is C19H43MgNSi2-2. The van der Waals surface area contributed by atoms with Gasteiger partial charge in [-0.15, -0.1) is 14.5 Å². The molecule has 0 saturated heterocycles. The molecule has 0 aromatic heterocycles. The molecule has 1 nitrogen and oxygen atoms in total. The fraction of sp³-hybridized carbons (Fsp3) is 0.842. The largest absolute Gasteiger partial charge is 2.00 e. The van der Waals surface area contributed by atoms with Gasteiger partial charge in [0.05, 0.1) is 0 Å². The zero-order valence-corrected chi connectivity index (χ0v) is 21.4. The summed E-state index contributed by atoms with van der Waals surface area (Å²) in [7, 11) is -1.98. The van der Waals surface area contributed by atoms with Gasteiger partial charge >= 0.3 is 23.1 Å². The van der Waals surface area contributed by atoms with Crippen LogP contribution in [0.15, 0.2) is 0 Å². The van der Waals surface area contributed by atoms with Gasteiger partial charge in [-0.1, -0.05) is 53.9 Å². The van der Waals surface area contributed by atoms with E-state index in [9.17, 15) is 0 Å². The number of rotatable bonds is 10. The molecule has 0 atom stereocenters. The van der Waals surface area contributed by atoms with Crippen molar-refractivity contribution in [2.24, 2.45) is 0 Å². The third-order valence-electron chi connectivity index (χ3n) is 3.06. The normalized spacial score (nSPS) is 12.0. The van der Waals surface area contributed by atoms with Crippen LogP contribution in [0.1, 0.15) is 59.8 Å². The van der Waals surface area contributed by atoms with Gasteiger partial charge < -0.3 is 22.9 Å². The SMILES string of the molecule is C[C-](C)CCC[CH-][Si](C)(C)C.C[C-](C)CCC[N-][Si](C)(C)C.[Mg+2]. The summed E-state index contributed by atoms with van der Waals surface area (Å²) >= 11 is 0. The molecule has 0 radical (unpaired) electrons. The van der Waals surface area contributed by atoms with Gasteiger partial charge in [-0.3, -0.25) is 0 Å². The molecule has 23 heavy (non-hydrogen) atoms. The van der Waals surface area contributed by atoms with E-state index in [2.05, 4.69) is 78.0 Å². The predicted molar refractivity (Wildman–Crippen MR) is 117 cm³/mol. The molecule has 0 amide bonds. The maximum Gasteiger partial charge on any atom is 2.00 e. The first kappa shape index (κ1) is 28.9. The number of unbranched alkanes of at least 4 members (excludes halogenated alkanes) is 1. The standard InChI is InChI=1S/C10H22Si.C9H21NSi.Mg/c1-10(2)8-6-7-9-11(3,4)5;1-9(2)7-6-8-10-11(3,4)5;/h9H,6-8H2,1-5H3;6-8H2,1-5H3;/q2*-2;+2. The van der Waals surface area contributed by atoms with Crippen molar-refractivity contribution in [3.8, 4) is 0 Å². The molecular weight excluding hydrogens is 323 g/mol. The van der Waals surface area contributed by atoms with Crippen molar-refractivity contribution in [1.29, 1.82) is 0 Å². The van der Waals surface area contributed by atoms with Crippen LogP contribution in [0.5, 0.6) is 0 Å². The molecule has 136 valence electrons. The second kappa shape index (κ2) is 15.4. The summed E-state index contributed by atoms with van der Waals surface area (Å²) in [5.41, 5.74) is 0. The average molecular weight is 366 g/mol. The van der Waals surface area contributed by atoms with Crippen LogP contribution in [-0.4, -0.2) is 45.9 Å². The van der Waals surface area contributed by atoms with Gasteiger partial charge in [0.1, 0.15) is 0 Å². The molecule has 0 aliphatic heterocycles. The quantitative estimate of drug-likeness (QED) is 0.223. The number of nitrogens with zero attached hydrogens (tertiary/aromatic N) is 1. The van der Waals surface area contributed by atoms with Crippen molar-refractivity contribution in [1.82, 2.24) is 0 Å². The van der Waals surface area contributed by atoms with Gasteiger partial charge in [0.15, 0.2) is 0 Å². The fourth-order valence-corrected chi connectivity index (χ4v) is 3.74. The summed E-state index contributed by atoms with van der Waals surface area (Å²) in [4.78, 5) is 4.65. The van der Waals surface area contributed by atoms with E-state index in [1.807, 2.05) is 0 Å². The van der Waals surface area contributed by atoms with Gasteiger partial charge in [0.2, 0.25) is 0 Å². The summed E-state index contributed by atoms with van der Waals surface area (Å²) in [6.07, 6.45) is 6.47. The molecule has 0 heterocycles. The monoisotopic (exact) mass is 365 g/mol.